The highest BCUT2D eigenvalue weighted by molar-refractivity contribution is 5.83. The summed E-state index contributed by atoms with van der Waals surface area (Å²) in [5, 5.41) is 0. The minimum Gasteiger partial charge on any atom is -0.497 e. The second kappa shape index (κ2) is 21.4. The molecule has 0 heterocycles. The average Bonchev–Trinajstić information content (AvgIpc) is 3.41. The monoisotopic (exact) mass is 899 g/mol. The Balaban J connectivity index is 0.917. The molecule has 0 spiro atoms. The SMILES string of the molecule is CCc1ccc(N(c2ccc(/C=C/c3ccc(N(c4ccccc4)c4ccc(OC)cc4C)cc3)cc2)c2ccc(/C=C/c3ccc(N(c4ccccc4)c4ccc(OC)cc4C)cc3)cc2)cc1. The third-order valence-corrected chi connectivity index (χ3v) is 12.5. The Morgan fingerprint density at radius 3 is 0.913 bits per heavy atom. The van der Waals surface area contributed by atoms with Crippen LogP contribution in [0.2, 0.25) is 0 Å². The summed E-state index contributed by atoms with van der Waals surface area (Å²) in [5.74, 6) is 1.70. The lowest BCUT2D eigenvalue weighted by Crippen LogP contribution is -2.11. The number of rotatable bonds is 16. The van der Waals surface area contributed by atoms with Crippen molar-refractivity contribution in [1.29, 1.82) is 0 Å². The van der Waals surface area contributed by atoms with Gasteiger partial charge < -0.3 is 24.2 Å². The van der Waals surface area contributed by atoms with Gasteiger partial charge >= 0.3 is 0 Å². The third kappa shape index (κ3) is 10.7. The van der Waals surface area contributed by atoms with E-state index >= 15 is 0 Å². The fraction of sp³-hybridized carbons (Fsp3) is 0.0938. The molecule has 9 aromatic carbocycles. The Hall–Kier alpha value is -8.54. The van der Waals surface area contributed by atoms with Gasteiger partial charge in [0.25, 0.3) is 0 Å². The molecule has 0 bridgehead atoms. The van der Waals surface area contributed by atoms with Crippen LogP contribution < -0.4 is 24.2 Å². The van der Waals surface area contributed by atoms with E-state index < -0.39 is 0 Å². The van der Waals surface area contributed by atoms with Crippen molar-refractivity contribution in [1.82, 2.24) is 0 Å². The van der Waals surface area contributed by atoms with Gasteiger partial charge in [-0.2, -0.15) is 0 Å². The maximum absolute atomic E-state index is 5.51. The van der Waals surface area contributed by atoms with Crippen molar-refractivity contribution >= 4 is 75.5 Å². The van der Waals surface area contributed by atoms with Crippen molar-refractivity contribution in [2.24, 2.45) is 0 Å². The van der Waals surface area contributed by atoms with Crippen LogP contribution >= 0.6 is 0 Å². The number of benzene rings is 9. The van der Waals surface area contributed by atoms with Crippen LogP contribution in [0.1, 0.15) is 45.9 Å². The van der Waals surface area contributed by atoms with Gasteiger partial charge in [-0.15, -0.1) is 0 Å². The van der Waals surface area contributed by atoms with Crippen molar-refractivity contribution < 1.29 is 9.47 Å². The van der Waals surface area contributed by atoms with E-state index in [1.165, 1.54) is 5.56 Å². The number of para-hydroxylation sites is 2. The molecule has 0 radical (unpaired) electrons. The van der Waals surface area contributed by atoms with Gasteiger partial charge in [0.15, 0.2) is 0 Å². The zero-order valence-electron chi connectivity index (χ0n) is 40.0. The van der Waals surface area contributed by atoms with Gasteiger partial charge in [-0.05, 0) is 181 Å². The van der Waals surface area contributed by atoms with Crippen LogP contribution in [0.15, 0.2) is 218 Å². The fourth-order valence-electron chi connectivity index (χ4n) is 8.67. The third-order valence-electron chi connectivity index (χ3n) is 12.5. The van der Waals surface area contributed by atoms with E-state index in [9.17, 15) is 0 Å². The molecular formula is C64H57N3O2. The number of nitrogens with zero attached hydrogens (tertiary/aromatic N) is 3. The molecule has 5 heteroatoms. The van der Waals surface area contributed by atoms with E-state index in [4.69, 9.17) is 9.47 Å². The number of hydrogen-bond acceptors (Lipinski definition) is 5. The molecule has 5 nitrogen and oxygen atoms in total. The molecule has 9 rings (SSSR count). The Bertz CT molecular complexity index is 2950. The molecule has 0 saturated heterocycles. The summed E-state index contributed by atoms with van der Waals surface area (Å²) in [7, 11) is 3.41. The lowest BCUT2D eigenvalue weighted by atomic mass is 10.1. The van der Waals surface area contributed by atoms with Crippen LogP contribution in [-0.4, -0.2) is 14.2 Å². The highest BCUT2D eigenvalue weighted by atomic mass is 16.5. The second-order valence-electron chi connectivity index (χ2n) is 17.0. The highest BCUT2D eigenvalue weighted by Crippen LogP contribution is 2.40. The van der Waals surface area contributed by atoms with Gasteiger partial charge in [-0.3, -0.25) is 0 Å². The smallest absolute Gasteiger partial charge is 0.119 e. The first-order chi connectivity index (χ1) is 33.9. The molecule has 340 valence electrons. The van der Waals surface area contributed by atoms with Crippen LogP contribution in [0.4, 0.5) is 51.2 Å². The summed E-state index contributed by atoms with van der Waals surface area (Å²) < 4.78 is 11.0. The predicted octanol–water partition coefficient (Wildman–Crippen LogP) is 17.6. The molecule has 0 fully saturated rings. The topological polar surface area (TPSA) is 28.2 Å². The molecule has 0 aliphatic carbocycles. The van der Waals surface area contributed by atoms with Gasteiger partial charge in [0.1, 0.15) is 11.5 Å². The fourth-order valence-corrected chi connectivity index (χ4v) is 8.67. The summed E-state index contributed by atoms with van der Waals surface area (Å²) in [4.78, 5) is 6.90. The van der Waals surface area contributed by atoms with Crippen LogP contribution in [0.3, 0.4) is 0 Å². The van der Waals surface area contributed by atoms with E-state index in [2.05, 4.69) is 254 Å². The maximum Gasteiger partial charge on any atom is 0.119 e. The predicted molar refractivity (Wildman–Crippen MR) is 293 cm³/mol. The first-order valence-corrected chi connectivity index (χ1v) is 23.5. The van der Waals surface area contributed by atoms with Gasteiger partial charge in [-0.25, -0.2) is 0 Å². The van der Waals surface area contributed by atoms with E-state index in [0.29, 0.717) is 0 Å². The number of ether oxygens (including phenoxy) is 2. The molecular weight excluding hydrogens is 843 g/mol. The summed E-state index contributed by atoms with van der Waals surface area (Å²) in [6.45, 7) is 6.44. The Morgan fingerprint density at radius 1 is 0.333 bits per heavy atom. The number of hydrogen-bond donors (Lipinski definition) is 0. The van der Waals surface area contributed by atoms with Gasteiger partial charge in [0.2, 0.25) is 0 Å². The summed E-state index contributed by atoms with van der Waals surface area (Å²) >= 11 is 0. The van der Waals surface area contributed by atoms with Crippen molar-refractivity contribution in [3.63, 3.8) is 0 Å². The second-order valence-corrected chi connectivity index (χ2v) is 17.0. The normalized spacial score (nSPS) is 11.2. The molecule has 0 amide bonds. The van der Waals surface area contributed by atoms with Gasteiger partial charge in [-0.1, -0.05) is 128 Å². The standard InChI is InChI=1S/C64H57N3O2/c1-6-49-21-31-56(32-22-49)65(57-33-23-50(24-34-57)17-19-52-27-37-59(38-28-52)66(54-13-9-7-10-14-54)63-43-41-61(68-4)45-47(63)2)58-35-25-51(26-36-58)18-20-53-29-39-60(40-30-53)67(55-15-11-8-12-16-55)64-44-42-62(69-5)46-48(64)3/h7-46H,6H2,1-5H3/b19-17+,20-18+. The van der Waals surface area contributed by atoms with Crippen molar-refractivity contribution in [3.8, 4) is 11.5 Å². The first-order valence-electron chi connectivity index (χ1n) is 23.5. The van der Waals surface area contributed by atoms with E-state index in [1.807, 2.05) is 24.3 Å². The van der Waals surface area contributed by atoms with Gasteiger partial charge in [0, 0.05) is 51.2 Å². The number of aryl methyl sites for hydroxylation is 3. The Labute approximate surface area is 408 Å². The molecule has 0 N–H and O–H groups in total. The summed E-state index contributed by atoms with van der Waals surface area (Å²) in [5.41, 5.74) is 18.0. The van der Waals surface area contributed by atoms with E-state index in [-0.39, 0.29) is 0 Å². The van der Waals surface area contributed by atoms with Crippen LogP contribution in [0.5, 0.6) is 11.5 Å². The first kappa shape index (κ1) is 45.6. The minimum atomic E-state index is 0.849. The zero-order valence-corrected chi connectivity index (χ0v) is 40.0. The van der Waals surface area contributed by atoms with Crippen molar-refractivity contribution in [3.05, 3.63) is 257 Å². The van der Waals surface area contributed by atoms with E-state index in [0.717, 1.165) is 102 Å². The number of anilines is 9. The Morgan fingerprint density at radius 2 is 0.623 bits per heavy atom. The van der Waals surface area contributed by atoms with Crippen molar-refractivity contribution in [2.45, 2.75) is 27.2 Å². The average molecular weight is 900 g/mol. The van der Waals surface area contributed by atoms with Crippen LogP contribution in [-0.2, 0) is 6.42 Å². The molecule has 0 unspecified atom stereocenters. The molecule has 0 aliphatic heterocycles. The zero-order chi connectivity index (χ0) is 47.5. The maximum atomic E-state index is 5.51. The van der Waals surface area contributed by atoms with Crippen molar-refractivity contribution in [2.75, 3.05) is 28.9 Å². The Kier molecular flexibility index (Phi) is 14.1. The summed E-state index contributed by atoms with van der Waals surface area (Å²) in [6, 6.07) is 77.3. The van der Waals surface area contributed by atoms with E-state index in [1.54, 1.807) is 14.2 Å². The highest BCUT2D eigenvalue weighted by Gasteiger charge is 2.17. The lowest BCUT2D eigenvalue weighted by molar-refractivity contribution is 0.414. The molecule has 0 atom stereocenters. The molecule has 0 aliphatic rings. The van der Waals surface area contributed by atoms with Crippen LogP contribution in [0.25, 0.3) is 24.3 Å². The minimum absolute atomic E-state index is 0.849. The molecule has 0 aromatic heterocycles. The molecule has 9 aromatic rings. The molecule has 69 heavy (non-hydrogen) atoms. The molecule has 0 saturated carbocycles. The number of methoxy groups -OCH3 is 2. The quantitative estimate of drug-likeness (QED) is 0.0901. The van der Waals surface area contributed by atoms with Crippen LogP contribution in [0, 0.1) is 13.8 Å². The summed E-state index contributed by atoms with van der Waals surface area (Å²) in [6.07, 6.45) is 9.70. The lowest BCUT2D eigenvalue weighted by Gasteiger charge is -2.27. The largest absolute Gasteiger partial charge is 0.497 e. The van der Waals surface area contributed by atoms with Gasteiger partial charge in [0.05, 0.1) is 14.2 Å².